The van der Waals surface area contributed by atoms with Crippen LogP contribution in [0.5, 0.6) is 5.75 Å². The Morgan fingerprint density at radius 1 is 1.59 bits per heavy atom. The molecule has 1 aromatic rings. The van der Waals surface area contributed by atoms with Crippen molar-refractivity contribution in [1.29, 1.82) is 0 Å². The molecule has 1 atom stereocenters. The minimum atomic E-state index is -1.00. The zero-order valence-corrected chi connectivity index (χ0v) is 10.6. The van der Waals surface area contributed by atoms with Crippen molar-refractivity contribution in [2.75, 3.05) is 6.61 Å². The second-order valence-electron chi connectivity index (χ2n) is 4.33. The molecule has 0 fully saturated rings. The molecule has 1 unspecified atom stereocenters. The molecule has 0 aromatic carbocycles. The fourth-order valence-electron chi connectivity index (χ4n) is 1.62. The average Bonchev–Trinajstić information content (AvgIpc) is 2.26. The van der Waals surface area contributed by atoms with Crippen LogP contribution in [0.2, 0.25) is 0 Å². The van der Waals surface area contributed by atoms with E-state index >= 15 is 0 Å². The summed E-state index contributed by atoms with van der Waals surface area (Å²) in [7, 11) is 0. The van der Waals surface area contributed by atoms with Gasteiger partial charge in [-0.25, -0.2) is 4.79 Å². The fourth-order valence-corrected chi connectivity index (χ4v) is 1.62. The van der Waals surface area contributed by atoms with Gasteiger partial charge in [-0.1, -0.05) is 20.3 Å². The predicted octanol–water partition coefficient (Wildman–Crippen LogP) is 2.90. The van der Waals surface area contributed by atoms with Crippen molar-refractivity contribution in [1.82, 2.24) is 4.98 Å². The van der Waals surface area contributed by atoms with Crippen molar-refractivity contribution in [2.45, 2.75) is 33.6 Å². The van der Waals surface area contributed by atoms with Crippen LogP contribution in [0.4, 0.5) is 0 Å². The van der Waals surface area contributed by atoms with Crippen LogP contribution in [-0.4, -0.2) is 22.7 Å². The summed E-state index contributed by atoms with van der Waals surface area (Å²) in [5.74, 6) is -0.168. The van der Waals surface area contributed by atoms with Gasteiger partial charge < -0.3 is 9.84 Å². The van der Waals surface area contributed by atoms with Crippen LogP contribution >= 0.6 is 0 Å². The number of carboxylic acid groups (broad SMARTS) is 1. The second-order valence-corrected chi connectivity index (χ2v) is 4.33. The summed E-state index contributed by atoms with van der Waals surface area (Å²) >= 11 is 0. The standard InChI is InChI=1S/C13H19NO3/c1-4-5-9(2)8-17-12-6-10(3)14-7-11(12)13(15)16/h6-7,9H,4-5,8H2,1-3H3,(H,15,16). The molecule has 4 heteroatoms. The van der Waals surface area contributed by atoms with E-state index in [9.17, 15) is 4.79 Å². The molecule has 0 saturated heterocycles. The monoisotopic (exact) mass is 237 g/mol. The molecule has 0 radical (unpaired) electrons. The first-order chi connectivity index (χ1) is 8.04. The lowest BCUT2D eigenvalue weighted by Gasteiger charge is -2.13. The number of aromatic carboxylic acids is 1. The average molecular weight is 237 g/mol. The lowest BCUT2D eigenvalue weighted by atomic mass is 10.1. The molecule has 1 rings (SSSR count). The first-order valence-electron chi connectivity index (χ1n) is 5.87. The molecule has 0 aliphatic carbocycles. The molecule has 0 saturated carbocycles. The van der Waals surface area contributed by atoms with E-state index in [4.69, 9.17) is 9.84 Å². The Hall–Kier alpha value is -1.58. The summed E-state index contributed by atoms with van der Waals surface area (Å²) in [5.41, 5.74) is 0.882. The molecule has 1 N–H and O–H groups in total. The molecule has 0 aliphatic rings. The van der Waals surface area contributed by atoms with Crippen molar-refractivity contribution < 1.29 is 14.6 Å². The third kappa shape index (κ3) is 4.06. The summed E-state index contributed by atoms with van der Waals surface area (Å²) in [4.78, 5) is 14.9. The van der Waals surface area contributed by atoms with Gasteiger partial charge in [0, 0.05) is 18.0 Å². The van der Waals surface area contributed by atoms with Gasteiger partial charge in [0.2, 0.25) is 0 Å². The highest BCUT2D eigenvalue weighted by Gasteiger charge is 2.13. The van der Waals surface area contributed by atoms with Crippen LogP contribution in [0.15, 0.2) is 12.3 Å². The second kappa shape index (κ2) is 6.23. The number of hydrogen-bond acceptors (Lipinski definition) is 3. The quantitative estimate of drug-likeness (QED) is 0.826. The van der Waals surface area contributed by atoms with E-state index in [-0.39, 0.29) is 5.56 Å². The van der Waals surface area contributed by atoms with Gasteiger partial charge in [0.25, 0.3) is 0 Å². The van der Waals surface area contributed by atoms with E-state index in [1.165, 1.54) is 6.20 Å². The number of carbonyl (C=O) groups is 1. The Balaban J connectivity index is 2.75. The smallest absolute Gasteiger partial charge is 0.341 e. The number of nitrogens with zero attached hydrogens (tertiary/aromatic N) is 1. The van der Waals surface area contributed by atoms with E-state index in [0.29, 0.717) is 18.3 Å². The van der Waals surface area contributed by atoms with Gasteiger partial charge in [-0.05, 0) is 19.3 Å². The van der Waals surface area contributed by atoms with Crippen LogP contribution < -0.4 is 4.74 Å². The Kier molecular flexibility index (Phi) is 4.94. The van der Waals surface area contributed by atoms with Crippen molar-refractivity contribution in [3.63, 3.8) is 0 Å². The van der Waals surface area contributed by atoms with Crippen molar-refractivity contribution in [3.8, 4) is 5.75 Å². The molecule has 0 aliphatic heterocycles. The van der Waals surface area contributed by atoms with Crippen LogP contribution in [0.25, 0.3) is 0 Å². The third-order valence-corrected chi connectivity index (χ3v) is 2.54. The maximum atomic E-state index is 11.0. The number of carboxylic acids is 1. The molecule has 94 valence electrons. The summed E-state index contributed by atoms with van der Waals surface area (Å²) in [5, 5.41) is 9.01. The molecular formula is C13H19NO3. The Morgan fingerprint density at radius 2 is 2.29 bits per heavy atom. The largest absolute Gasteiger partial charge is 0.492 e. The number of pyridine rings is 1. The number of aryl methyl sites for hydroxylation is 1. The summed E-state index contributed by atoms with van der Waals surface area (Å²) in [6.45, 7) is 6.57. The van der Waals surface area contributed by atoms with Crippen molar-refractivity contribution >= 4 is 5.97 Å². The topological polar surface area (TPSA) is 59.4 Å². The number of hydrogen-bond donors (Lipinski definition) is 1. The minimum absolute atomic E-state index is 0.124. The van der Waals surface area contributed by atoms with Crippen molar-refractivity contribution in [2.24, 2.45) is 5.92 Å². The molecular weight excluding hydrogens is 218 g/mol. The molecule has 0 amide bonds. The van der Waals surface area contributed by atoms with E-state index in [1.54, 1.807) is 6.07 Å². The zero-order chi connectivity index (χ0) is 12.8. The lowest BCUT2D eigenvalue weighted by Crippen LogP contribution is -2.11. The molecule has 17 heavy (non-hydrogen) atoms. The van der Waals surface area contributed by atoms with E-state index in [1.807, 2.05) is 6.92 Å². The van der Waals surface area contributed by atoms with Gasteiger partial charge in [-0.2, -0.15) is 0 Å². The first kappa shape index (κ1) is 13.5. The fraction of sp³-hybridized carbons (Fsp3) is 0.538. The lowest BCUT2D eigenvalue weighted by molar-refractivity contribution is 0.0690. The van der Waals surface area contributed by atoms with E-state index in [0.717, 1.165) is 18.5 Å². The molecule has 4 nitrogen and oxygen atoms in total. The third-order valence-electron chi connectivity index (χ3n) is 2.54. The Bertz CT molecular complexity index is 390. The van der Waals surface area contributed by atoms with Crippen LogP contribution in [0.1, 0.15) is 42.7 Å². The van der Waals surface area contributed by atoms with Gasteiger partial charge >= 0.3 is 5.97 Å². The minimum Gasteiger partial charge on any atom is -0.492 e. The number of ether oxygens (including phenoxy) is 1. The van der Waals surface area contributed by atoms with Gasteiger partial charge in [0.15, 0.2) is 0 Å². The maximum Gasteiger partial charge on any atom is 0.341 e. The van der Waals surface area contributed by atoms with E-state index < -0.39 is 5.97 Å². The highest BCUT2D eigenvalue weighted by atomic mass is 16.5. The Morgan fingerprint density at radius 3 is 2.88 bits per heavy atom. The van der Waals surface area contributed by atoms with Gasteiger partial charge in [-0.15, -0.1) is 0 Å². The normalized spacial score (nSPS) is 12.2. The van der Waals surface area contributed by atoms with Crippen LogP contribution in [0.3, 0.4) is 0 Å². The number of rotatable bonds is 6. The van der Waals surface area contributed by atoms with E-state index in [2.05, 4.69) is 18.8 Å². The van der Waals surface area contributed by atoms with Crippen LogP contribution in [-0.2, 0) is 0 Å². The highest BCUT2D eigenvalue weighted by Crippen LogP contribution is 2.20. The summed E-state index contributed by atoms with van der Waals surface area (Å²) in [6, 6.07) is 1.67. The Labute approximate surface area is 102 Å². The molecule has 0 bridgehead atoms. The van der Waals surface area contributed by atoms with Gasteiger partial charge in [0.05, 0.1) is 6.61 Å². The molecule has 0 spiro atoms. The highest BCUT2D eigenvalue weighted by molar-refractivity contribution is 5.90. The maximum absolute atomic E-state index is 11.0. The van der Waals surface area contributed by atoms with Gasteiger partial charge in [-0.3, -0.25) is 4.98 Å². The zero-order valence-electron chi connectivity index (χ0n) is 10.6. The molecule has 1 heterocycles. The number of aromatic nitrogens is 1. The van der Waals surface area contributed by atoms with Crippen molar-refractivity contribution in [3.05, 3.63) is 23.5 Å². The van der Waals surface area contributed by atoms with Crippen LogP contribution in [0, 0.1) is 12.8 Å². The first-order valence-corrected chi connectivity index (χ1v) is 5.87. The summed E-state index contributed by atoms with van der Waals surface area (Å²) in [6.07, 6.45) is 3.52. The predicted molar refractivity (Wildman–Crippen MR) is 65.5 cm³/mol. The SMILES string of the molecule is CCCC(C)COc1cc(C)ncc1C(=O)O. The summed E-state index contributed by atoms with van der Waals surface area (Å²) < 4.78 is 5.57. The van der Waals surface area contributed by atoms with Gasteiger partial charge in [0.1, 0.15) is 11.3 Å². The molecule has 1 aromatic heterocycles.